The van der Waals surface area contributed by atoms with Crippen LogP contribution in [0.5, 0.6) is 0 Å². The van der Waals surface area contributed by atoms with Gasteiger partial charge in [0.2, 0.25) is 0 Å². The van der Waals surface area contributed by atoms with E-state index in [1.54, 1.807) is 0 Å². The van der Waals surface area contributed by atoms with Gasteiger partial charge in [-0.25, -0.2) is 0 Å². The molecule has 1 unspecified atom stereocenters. The zero-order chi connectivity index (χ0) is 6.85. The van der Waals surface area contributed by atoms with E-state index in [1.807, 2.05) is 0 Å². The molecule has 1 rings (SSSR count). The number of hydrogen-bond donors (Lipinski definition) is 3. The highest BCUT2D eigenvalue weighted by Crippen LogP contribution is 2.17. The molecule has 0 saturated carbocycles. The maximum absolute atomic E-state index is 8.81. The molecule has 0 bridgehead atoms. The standard InChI is InChI=1S/C5H10O4/c6-2-3-1-4(7)5(8)9-3/h3-8H,1-2H2/t3-,4?,5+/m0/s1. The predicted octanol–water partition coefficient (Wildman–Crippen LogP) is -1.55. The molecular weight excluding hydrogens is 124 g/mol. The lowest BCUT2D eigenvalue weighted by Crippen LogP contribution is -2.19. The summed E-state index contributed by atoms with van der Waals surface area (Å²) < 4.78 is 4.68. The van der Waals surface area contributed by atoms with E-state index in [9.17, 15) is 0 Å². The Balaban J connectivity index is 2.35. The summed E-state index contributed by atoms with van der Waals surface area (Å²) in [5.74, 6) is 0. The number of aliphatic hydroxyl groups is 3. The van der Waals surface area contributed by atoms with Crippen molar-refractivity contribution in [3.63, 3.8) is 0 Å². The third-order valence-electron chi connectivity index (χ3n) is 1.37. The molecule has 3 atom stereocenters. The second-order valence-electron chi connectivity index (χ2n) is 2.13. The lowest BCUT2D eigenvalue weighted by atomic mass is 10.2. The first-order valence-corrected chi connectivity index (χ1v) is 2.86. The zero-order valence-electron chi connectivity index (χ0n) is 4.90. The van der Waals surface area contributed by atoms with Crippen LogP contribution in [0.4, 0.5) is 0 Å². The second-order valence-corrected chi connectivity index (χ2v) is 2.13. The van der Waals surface area contributed by atoms with Crippen LogP contribution in [0.1, 0.15) is 6.42 Å². The van der Waals surface area contributed by atoms with E-state index < -0.39 is 18.5 Å². The first kappa shape index (κ1) is 6.95. The van der Waals surface area contributed by atoms with Gasteiger partial charge in [-0.05, 0) is 0 Å². The van der Waals surface area contributed by atoms with Gasteiger partial charge in [-0.3, -0.25) is 0 Å². The molecule has 0 aliphatic carbocycles. The SMILES string of the molecule is OC[C@@H]1CC(O)[C@H](O)O1. The van der Waals surface area contributed by atoms with Crippen LogP contribution in [-0.4, -0.2) is 40.4 Å². The minimum Gasteiger partial charge on any atom is -0.394 e. The molecule has 0 aromatic heterocycles. The average Bonchev–Trinajstić information content (AvgIpc) is 2.13. The van der Waals surface area contributed by atoms with Gasteiger partial charge in [-0.15, -0.1) is 0 Å². The van der Waals surface area contributed by atoms with E-state index in [0.717, 1.165) is 0 Å². The van der Waals surface area contributed by atoms with Crippen molar-refractivity contribution in [1.29, 1.82) is 0 Å². The van der Waals surface area contributed by atoms with Gasteiger partial charge in [0, 0.05) is 6.42 Å². The Morgan fingerprint density at radius 2 is 2.11 bits per heavy atom. The van der Waals surface area contributed by atoms with Crippen LogP contribution in [0.25, 0.3) is 0 Å². The molecule has 9 heavy (non-hydrogen) atoms. The molecule has 0 spiro atoms. The molecule has 0 amide bonds. The average molecular weight is 134 g/mol. The maximum Gasteiger partial charge on any atom is 0.181 e. The molecule has 1 saturated heterocycles. The largest absolute Gasteiger partial charge is 0.394 e. The van der Waals surface area contributed by atoms with E-state index in [4.69, 9.17) is 15.3 Å². The van der Waals surface area contributed by atoms with Gasteiger partial charge < -0.3 is 20.1 Å². The molecular formula is C5H10O4. The van der Waals surface area contributed by atoms with Crippen LogP contribution in [0, 0.1) is 0 Å². The minimum absolute atomic E-state index is 0.145. The Bertz CT molecular complexity index is 85.0. The van der Waals surface area contributed by atoms with E-state index in [1.165, 1.54) is 0 Å². The number of rotatable bonds is 1. The summed E-state index contributed by atoms with van der Waals surface area (Å²) in [6.45, 7) is -0.145. The Morgan fingerprint density at radius 3 is 2.33 bits per heavy atom. The van der Waals surface area contributed by atoms with E-state index in [0.29, 0.717) is 6.42 Å². The maximum atomic E-state index is 8.81. The normalized spacial score (nSPS) is 43.7. The lowest BCUT2D eigenvalue weighted by molar-refractivity contribution is -0.132. The van der Waals surface area contributed by atoms with Crippen molar-refractivity contribution in [2.75, 3.05) is 6.61 Å². The summed E-state index contributed by atoms with van der Waals surface area (Å²) in [4.78, 5) is 0. The highest BCUT2D eigenvalue weighted by molar-refractivity contribution is 4.74. The van der Waals surface area contributed by atoms with Crippen molar-refractivity contribution >= 4 is 0 Å². The summed E-state index contributed by atoms with van der Waals surface area (Å²) in [5, 5.41) is 26.0. The Morgan fingerprint density at radius 1 is 1.44 bits per heavy atom. The Labute approximate surface area is 52.7 Å². The molecule has 4 heteroatoms. The van der Waals surface area contributed by atoms with E-state index >= 15 is 0 Å². The predicted molar refractivity (Wildman–Crippen MR) is 28.6 cm³/mol. The number of aliphatic hydroxyl groups excluding tert-OH is 3. The first-order chi connectivity index (χ1) is 4.24. The van der Waals surface area contributed by atoms with Gasteiger partial charge in [0.1, 0.15) is 6.10 Å². The van der Waals surface area contributed by atoms with Crippen molar-refractivity contribution < 1.29 is 20.1 Å². The molecule has 4 nitrogen and oxygen atoms in total. The van der Waals surface area contributed by atoms with Gasteiger partial charge in [0.25, 0.3) is 0 Å². The van der Waals surface area contributed by atoms with Crippen molar-refractivity contribution in [2.45, 2.75) is 24.9 Å². The van der Waals surface area contributed by atoms with Gasteiger partial charge in [-0.1, -0.05) is 0 Å². The molecule has 0 radical (unpaired) electrons. The summed E-state index contributed by atoms with van der Waals surface area (Å²) in [6, 6.07) is 0. The fourth-order valence-corrected chi connectivity index (χ4v) is 0.847. The molecule has 0 aromatic rings. The lowest BCUT2D eigenvalue weighted by Gasteiger charge is -2.04. The van der Waals surface area contributed by atoms with Gasteiger partial charge in [-0.2, -0.15) is 0 Å². The van der Waals surface area contributed by atoms with Gasteiger partial charge in [0.05, 0.1) is 12.7 Å². The third kappa shape index (κ3) is 1.40. The van der Waals surface area contributed by atoms with Gasteiger partial charge >= 0.3 is 0 Å². The van der Waals surface area contributed by atoms with Crippen molar-refractivity contribution in [2.24, 2.45) is 0 Å². The number of ether oxygens (including phenoxy) is 1. The van der Waals surface area contributed by atoms with Crippen molar-refractivity contribution in [1.82, 2.24) is 0 Å². The minimum atomic E-state index is -1.11. The molecule has 1 aliphatic rings. The van der Waals surface area contributed by atoms with Crippen LogP contribution in [0.3, 0.4) is 0 Å². The second kappa shape index (κ2) is 2.62. The topological polar surface area (TPSA) is 69.9 Å². The fourth-order valence-electron chi connectivity index (χ4n) is 0.847. The molecule has 0 aromatic carbocycles. The summed E-state index contributed by atoms with van der Waals surface area (Å²) >= 11 is 0. The summed E-state index contributed by atoms with van der Waals surface area (Å²) in [5.41, 5.74) is 0. The van der Waals surface area contributed by atoms with Crippen molar-refractivity contribution in [3.05, 3.63) is 0 Å². The monoisotopic (exact) mass is 134 g/mol. The van der Waals surface area contributed by atoms with E-state index in [-0.39, 0.29) is 6.61 Å². The quantitative estimate of drug-likeness (QED) is 0.406. The molecule has 1 fully saturated rings. The first-order valence-electron chi connectivity index (χ1n) is 2.86. The van der Waals surface area contributed by atoms with Crippen LogP contribution in [0.2, 0.25) is 0 Å². The van der Waals surface area contributed by atoms with Gasteiger partial charge in [0.15, 0.2) is 6.29 Å². The smallest absolute Gasteiger partial charge is 0.181 e. The number of hydrogen-bond acceptors (Lipinski definition) is 4. The van der Waals surface area contributed by atoms with Crippen LogP contribution < -0.4 is 0 Å². The molecule has 54 valence electrons. The molecule has 1 aliphatic heterocycles. The van der Waals surface area contributed by atoms with Crippen LogP contribution in [0.15, 0.2) is 0 Å². The Kier molecular flexibility index (Phi) is 2.02. The van der Waals surface area contributed by atoms with Crippen molar-refractivity contribution in [3.8, 4) is 0 Å². The fraction of sp³-hybridized carbons (Fsp3) is 1.00. The highest BCUT2D eigenvalue weighted by atomic mass is 16.6. The van der Waals surface area contributed by atoms with Crippen LogP contribution >= 0.6 is 0 Å². The highest BCUT2D eigenvalue weighted by Gasteiger charge is 2.31. The molecule has 1 heterocycles. The third-order valence-corrected chi connectivity index (χ3v) is 1.37. The Hall–Kier alpha value is -0.160. The summed E-state index contributed by atoms with van der Waals surface area (Å²) in [6.07, 6.45) is -2.02. The molecule has 3 N–H and O–H groups in total. The summed E-state index contributed by atoms with van der Waals surface area (Å²) in [7, 11) is 0. The zero-order valence-corrected chi connectivity index (χ0v) is 4.90. The van der Waals surface area contributed by atoms with Crippen LogP contribution in [-0.2, 0) is 4.74 Å². The van der Waals surface area contributed by atoms with E-state index in [2.05, 4.69) is 4.74 Å².